The van der Waals surface area contributed by atoms with E-state index in [2.05, 4.69) is 65.7 Å². The van der Waals surface area contributed by atoms with Gasteiger partial charge in [-0.2, -0.15) is 0 Å². The van der Waals surface area contributed by atoms with Crippen molar-refractivity contribution in [1.82, 2.24) is 10.6 Å². The third kappa shape index (κ3) is 5.73. The van der Waals surface area contributed by atoms with E-state index in [1.807, 2.05) is 13.8 Å². The molecular weight excluding hydrogens is 382 g/mol. The second-order valence-electron chi connectivity index (χ2n) is 8.61. The topological polar surface area (TPSA) is 52.0 Å². The standard InChI is InChI=1S/C26H37N5/c1-7-28-21(5)26(22(6)31-15-12-24-16-18(2)8-9-25(24)31)30-20(4)19(3)29-17-23-10-13-27-14-11-23/h7-9,16,23,27,29H,1,3,10-15,17H2,2,4-6H3/b26-22-,28-21?,30-20?. The van der Waals surface area contributed by atoms with Crippen molar-refractivity contribution >= 4 is 17.1 Å². The maximum absolute atomic E-state index is 5.00. The smallest absolute Gasteiger partial charge is 0.104 e. The molecule has 166 valence electrons. The molecule has 0 radical (unpaired) electrons. The lowest BCUT2D eigenvalue weighted by Crippen LogP contribution is -2.34. The zero-order valence-electron chi connectivity index (χ0n) is 19.6. The predicted octanol–water partition coefficient (Wildman–Crippen LogP) is 4.76. The molecule has 0 atom stereocenters. The number of hydrogen-bond donors (Lipinski definition) is 2. The van der Waals surface area contributed by atoms with E-state index in [4.69, 9.17) is 4.99 Å². The summed E-state index contributed by atoms with van der Waals surface area (Å²) in [6.07, 6.45) is 5.05. The Kier molecular flexibility index (Phi) is 7.85. The van der Waals surface area contributed by atoms with Gasteiger partial charge in [-0.15, -0.1) is 0 Å². The summed E-state index contributed by atoms with van der Waals surface area (Å²) in [7, 11) is 0. The van der Waals surface area contributed by atoms with Crippen molar-refractivity contribution in [3.63, 3.8) is 0 Å². The number of rotatable bonds is 8. The Hall–Kier alpha value is -2.66. The monoisotopic (exact) mass is 419 g/mol. The molecule has 2 aliphatic heterocycles. The van der Waals surface area contributed by atoms with Gasteiger partial charge >= 0.3 is 0 Å². The van der Waals surface area contributed by atoms with E-state index < -0.39 is 0 Å². The normalized spacial score (nSPS) is 18.5. The van der Waals surface area contributed by atoms with Crippen molar-refractivity contribution in [1.29, 1.82) is 0 Å². The molecule has 0 saturated carbocycles. The van der Waals surface area contributed by atoms with Crippen LogP contribution in [0.15, 0.2) is 64.6 Å². The van der Waals surface area contributed by atoms with E-state index in [1.165, 1.54) is 29.7 Å². The maximum Gasteiger partial charge on any atom is 0.104 e. The van der Waals surface area contributed by atoms with E-state index >= 15 is 0 Å². The molecule has 0 aromatic heterocycles. The van der Waals surface area contributed by atoms with E-state index in [9.17, 15) is 0 Å². The lowest BCUT2D eigenvalue weighted by atomic mass is 9.98. The second-order valence-corrected chi connectivity index (χ2v) is 8.61. The minimum absolute atomic E-state index is 0.691. The maximum atomic E-state index is 5.00. The molecule has 5 heteroatoms. The van der Waals surface area contributed by atoms with Crippen LogP contribution in [0, 0.1) is 12.8 Å². The Morgan fingerprint density at radius 1 is 1.23 bits per heavy atom. The van der Waals surface area contributed by atoms with Crippen LogP contribution in [0.5, 0.6) is 0 Å². The molecule has 31 heavy (non-hydrogen) atoms. The van der Waals surface area contributed by atoms with Crippen molar-refractivity contribution in [3.8, 4) is 0 Å². The van der Waals surface area contributed by atoms with Gasteiger partial charge in [0.05, 0.1) is 11.4 Å². The fraction of sp³-hybridized carbons (Fsp3) is 0.462. The quantitative estimate of drug-likeness (QED) is 0.598. The first-order chi connectivity index (χ1) is 14.9. The van der Waals surface area contributed by atoms with Crippen LogP contribution in [0.25, 0.3) is 0 Å². The molecule has 1 aromatic carbocycles. The average Bonchev–Trinajstić information content (AvgIpc) is 3.19. The van der Waals surface area contributed by atoms with E-state index in [0.29, 0.717) is 5.92 Å². The van der Waals surface area contributed by atoms with Crippen molar-refractivity contribution in [2.75, 3.05) is 31.1 Å². The van der Waals surface area contributed by atoms with Gasteiger partial charge in [0.15, 0.2) is 0 Å². The molecule has 1 fully saturated rings. The highest BCUT2D eigenvalue weighted by Crippen LogP contribution is 2.33. The third-order valence-corrected chi connectivity index (χ3v) is 6.28. The van der Waals surface area contributed by atoms with Crippen LogP contribution in [0.4, 0.5) is 5.69 Å². The molecule has 1 aromatic rings. The number of hydrogen-bond acceptors (Lipinski definition) is 5. The summed E-state index contributed by atoms with van der Waals surface area (Å²) in [6.45, 7) is 20.4. The number of nitrogens with one attached hydrogen (secondary N) is 2. The molecular formula is C26H37N5. The molecule has 5 nitrogen and oxygen atoms in total. The molecule has 0 unspecified atom stereocenters. The van der Waals surface area contributed by atoms with Crippen LogP contribution in [0.1, 0.15) is 44.7 Å². The average molecular weight is 420 g/mol. The Bertz CT molecular complexity index is 916. The fourth-order valence-corrected chi connectivity index (χ4v) is 4.34. The first-order valence-corrected chi connectivity index (χ1v) is 11.3. The fourth-order valence-electron chi connectivity index (χ4n) is 4.34. The Morgan fingerprint density at radius 3 is 2.68 bits per heavy atom. The van der Waals surface area contributed by atoms with Crippen molar-refractivity contribution in [3.05, 3.63) is 65.8 Å². The van der Waals surface area contributed by atoms with Gasteiger partial charge in [-0.1, -0.05) is 30.9 Å². The largest absolute Gasteiger partial charge is 0.384 e. The highest BCUT2D eigenvalue weighted by Gasteiger charge is 2.23. The molecule has 0 aliphatic carbocycles. The highest BCUT2D eigenvalue weighted by molar-refractivity contribution is 6.05. The van der Waals surface area contributed by atoms with E-state index in [1.54, 1.807) is 6.20 Å². The van der Waals surface area contributed by atoms with Gasteiger partial charge in [-0.3, -0.25) is 4.99 Å². The number of allylic oxidation sites excluding steroid dienone is 3. The highest BCUT2D eigenvalue weighted by atomic mass is 15.2. The number of fused-ring (bicyclic) bond motifs is 1. The molecule has 0 spiro atoms. The number of benzene rings is 1. The van der Waals surface area contributed by atoms with Gasteiger partial charge in [0.1, 0.15) is 5.70 Å². The van der Waals surface area contributed by atoms with Gasteiger partial charge in [-0.05, 0) is 77.6 Å². The number of anilines is 1. The molecule has 2 aliphatic rings. The number of piperidine rings is 1. The van der Waals surface area contributed by atoms with Gasteiger partial charge in [0.2, 0.25) is 0 Å². The SMILES string of the molecule is C=CN=C(C)/C(N=C(C)C(=C)NCC1CCNCC1)=C(\C)N1CCc2cc(C)ccc21. The number of aryl methyl sites for hydroxylation is 1. The first-order valence-electron chi connectivity index (χ1n) is 11.3. The van der Waals surface area contributed by atoms with Crippen LogP contribution in [0.3, 0.4) is 0 Å². The van der Waals surface area contributed by atoms with Gasteiger partial charge < -0.3 is 15.5 Å². The summed E-state index contributed by atoms with van der Waals surface area (Å²) in [5.41, 5.74) is 8.59. The van der Waals surface area contributed by atoms with Crippen LogP contribution < -0.4 is 15.5 Å². The minimum Gasteiger partial charge on any atom is -0.384 e. The van der Waals surface area contributed by atoms with Crippen LogP contribution in [-0.4, -0.2) is 37.6 Å². The van der Waals surface area contributed by atoms with Gasteiger partial charge in [0, 0.05) is 36.4 Å². The van der Waals surface area contributed by atoms with E-state index in [-0.39, 0.29) is 0 Å². The van der Waals surface area contributed by atoms with Crippen LogP contribution in [-0.2, 0) is 6.42 Å². The summed E-state index contributed by atoms with van der Waals surface area (Å²) in [5.74, 6) is 0.691. The summed E-state index contributed by atoms with van der Waals surface area (Å²) >= 11 is 0. The predicted molar refractivity (Wildman–Crippen MR) is 134 cm³/mol. The molecule has 2 heterocycles. The van der Waals surface area contributed by atoms with Crippen molar-refractivity contribution < 1.29 is 0 Å². The molecule has 0 amide bonds. The summed E-state index contributed by atoms with van der Waals surface area (Å²) in [6, 6.07) is 6.68. The van der Waals surface area contributed by atoms with Gasteiger partial charge in [-0.25, -0.2) is 4.99 Å². The summed E-state index contributed by atoms with van der Waals surface area (Å²) < 4.78 is 0. The van der Waals surface area contributed by atoms with Crippen LogP contribution in [0.2, 0.25) is 0 Å². The Balaban J connectivity index is 1.84. The molecule has 3 rings (SSSR count). The molecule has 0 bridgehead atoms. The number of nitrogens with zero attached hydrogens (tertiary/aromatic N) is 3. The molecule has 2 N–H and O–H groups in total. The number of aliphatic imine (C=N–C) groups is 2. The lowest BCUT2D eigenvalue weighted by molar-refractivity contribution is 0.367. The van der Waals surface area contributed by atoms with Crippen molar-refractivity contribution in [2.45, 2.75) is 47.0 Å². The van der Waals surface area contributed by atoms with Crippen molar-refractivity contribution in [2.24, 2.45) is 15.9 Å². The van der Waals surface area contributed by atoms with E-state index in [0.717, 1.165) is 61.1 Å². The van der Waals surface area contributed by atoms with Gasteiger partial charge in [0.25, 0.3) is 0 Å². The Labute approximate surface area is 187 Å². The summed E-state index contributed by atoms with van der Waals surface area (Å²) in [4.78, 5) is 11.8. The second kappa shape index (κ2) is 10.6. The minimum atomic E-state index is 0.691. The van der Waals surface area contributed by atoms with Crippen LogP contribution >= 0.6 is 0 Å². The Morgan fingerprint density at radius 2 is 1.97 bits per heavy atom. The zero-order valence-corrected chi connectivity index (χ0v) is 19.6. The third-order valence-electron chi connectivity index (χ3n) is 6.28. The lowest BCUT2D eigenvalue weighted by Gasteiger charge is -2.24. The molecule has 1 saturated heterocycles. The first kappa shape index (κ1) is 23.0. The summed E-state index contributed by atoms with van der Waals surface area (Å²) in [5, 5.41) is 6.93. The zero-order chi connectivity index (χ0) is 22.4.